The monoisotopic (exact) mass is 325 g/mol. The minimum atomic E-state index is 0.240. The van der Waals surface area contributed by atoms with Gasteiger partial charge < -0.3 is 10.3 Å². The molecule has 0 bridgehead atoms. The van der Waals surface area contributed by atoms with Gasteiger partial charge in [0.05, 0.1) is 11.2 Å². The molecular weight excluding hydrogens is 306 g/mol. The maximum absolute atomic E-state index is 6.02. The second-order valence-electron chi connectivity index (χ2n) is 5.74. The zero-order chi connectivity index (χ0) is 17.3. The van der Waals surface area contributed by atoms with E-state index in [0.717, 1.165) is 22.2 Å². The highest BCUT2D eigenvalue weighted by Crippen LogP contribution is 2.24. The van der Waals surface area contributed by atoms with Gasteiger partial charge in [-0.25, -0.2) is 4.68 Å². The number of benzene rings is 1. The smallest absolute Gasteiger partial charge is 0.258 e. The van der Waals surface area contributed by atoms with Crippen LogP contribution >= 0.6 is 0 Å². The molecule has 0 aliphatic heterocycles. The number of nitrogens with two attached hydrogens (primary N) is 1. The number of nitrogens with zero attached hydrogens (tertiary/aromatic N) is 6. The lowest BCUT2D eigenvalue weighted by Crippen LogP contribution is -2.03. The Morgan fingerprint density at radius 2 is 2.17 bits per heavy atom. The van der Waals surface area contributed by atoms with Crippen molar-refractivity contribution in [1.29, 1.82) is 0 Å². The summed E-state index contributed by atoms with van der Waals surface area (Å²) in [6, 6.07) is 5.97. The van der Waals surface area contributed by atoms with Crippen LogP contribution in [0.5, 0.6) is 0 Å². The van der Waals surface area contributed by atoms with Crippen LogP contribution in [0.2, 0.25) is 0 Å². The average Bonchev–Trinajstić information content (AvgIpc) is 3.20. The number of fused-ring (bicyclic) bond motifs is 1. The van der Waals surface area contributed by atoms with E-state index in [4.69, 9.17) is 10.3 Å². The third-order valence-corrected chi connectivity index (χ3v) is 3.62. The van der Waals surface area contributed by atoms with Crippen molar-refractivity contribution in [3.05, 3.63) is 29.6 Å². The van der Waals surface area contributed by atoms with Crippen molar-refractivity contribution in [2.45, 2.75) is 26.8 Å². The van der Waals surface area contributed by atoms with E-state index < -0.39 is 0 Å². The number of allylic oxidation sites excluding steroid dienone is 1. The minimum absolute atomic E-state index is 0.240. The molecule has 0 aliphatic rings. The Hall–Kier alpha value is -3.03. The topological polar surface area (TPSA) is 108 Å². The van der Waals surface area contributed by atoms with Crippen LogP contribution in [0.15, 0.2) is 33.3 Å². The maximum Gasteiger partial charge on any atom is 0.258 e. The van der Waals surface area contributed by atoms with E-state index in [1.165, 1.54) is 0 Å². The molecule has 8 heteroatoms. The zero-order valence-electron chi connectivity index (χ0n) is 14.1. The first-order chi connectivity index (χ1) is 11.5. The van der Waals surface area contributed by atoms with Crippen LogP contribution in [0.3, 0.4) is 0 Å². The van der Waals surface area contributed by atoms with Crippen molar-refractivity contribution in [2.75, 3.05) is 7.05 Å². The Morgan fingerprint density at radius 3 is 2.88 bits per heavy atom. The first-order valence-corrected chi connectivity index (χ1v) is 7.59. The predicted octanol–water partition coefficient (Wildman–Crippen LogP) is 2.45. The molecule has 0 amide bonds. The average molecular weight is 325 g/mol. The van der Waals surface area contributed by atoms with E-state index in [1.807, 2.05) is 29.8 Å². The van der Waals surface area contributed by atoms with Gasteiger partial charge >= 0.3 is 0 Å². The lowest BCUT2D eigenvalue weighted by Gasteiger charge is -2.04. The summed E-state index contributed by atoms with van der Waals surface area (Å²) in [5, 5.41) is 12.3. The van der Waals surface area contributed by atoms with Gasteiger partial charge in [-0.3, -0.25) is 4.99 Å². The molecule has 0 aliphatic carbocycles. The largest absolute Gasteiger partial charge is 0.395 e. The SMILES string of the molecule is CN=C/C(C)=C(\N)c1noc(-c2ccc3c(c2)nnn3C(C)C)n1. The Bertz CT molecular complexity index is 933. The lowest BCUT2D eigenvalue weighted by atomic mass is 10.2. The molecule has 8 nitrogen and oxygen atoms in total. The quantitative estimate of drug-likeness (QED) is 0.738. The van der Waals surface area contributed by atoms with Crippen molar-refractivity contribution in [2.24, 2.45) is 10.7 Å². The van der Waals surface area contributed by atoms with Crippen LogP contribution in [0, 0.1) is 0 Å². The van der Waals surface area contributed by atoms with Crippen molar-refractivity contribution in [3.63, 3.8) is 0 Å². The number of hydrogen-bond donors (Lipinski definition) is 1. The van der Waals surface area contributed by atoms with Crippen molar-refractivity contribution < 1.29 is 4.52 Å². The van der Waals surface area contributed by atoms with E-state index in [9.17, 15) is 0 Å². The molecule has 0 atom stereocenters. The molecule has 124 valence electrons. The Morgan fingerprint density at radius 1 is 1.38 bits per heavy atom. The number of aliphatic imine (C=N–C) groups is 1. The molecule has 0 unspecified atom stereocenters. The third-order valence-electron chi connectivity index (χ3n) is 3.62. The number of rotatable bonds is 4. The van der Waals surface area contributed by atoms with Gasteiger partial charge in [-0.15, -0.1) is 5.10 Å². The minimum Gasteiger partial charge on any atom is -0.395 e. The first kappa shape index (κ1) is 15.9. The van der Waals surface area contributed by atoms with Crippen LogP contribution < -0.4 is 5.73 Å². The van der Waals surface area contributed by atoms with Crippen LogP contribution in [0.1, 0.15) is 32.6 Å². The van der Waals surface area contributed by atoms with Gasteiger partial charge in [0.2, 0.25) is 5.82 Å². The Balaban J connectivity index is 1.99. The van der Waals surface area contributed by atoms with Gasteiger partial charge in [0.1, 0.15) is 5.52 Å². The molecule has 0 fully saturated rings. The van der Waals surface area contributed by atoms with E-state index >= 15 is 0 Å². The summed E-state index contributed by atoms with van der Waals surface area (Å²) in [7, 11) is 1.68. The number of hydrogen-bond acceptors (Lipinski definition) is 7. The summed E-state index contributed by atoms with van der Waals surface area (Å²) >= 11 is 0. The van der Waals surface area contributed by atoms with Gasteiger partial charge in [-0.05, 0) is 44.5 Å². The fraction of sp³-hybridized carbons (Fsp3) is 0.312. The fourth-order valence-electron chi connectivity index (χ4n) is 2.35. The van der Waals surface area contributed by atoms with E-state index in [0.29, 0.717) is 17.4 Å². The third kappa shape index (κ3) is 2.78. The Kier molecular flexibility index (Phi) is 4.11. The van der Waals surface area contributed by atoms with Crippen LogP contribution in [0.25, 0.3) is 28.2 Å². The summed E-state index contributed by atoms with van der Waals surface area (Å²) in [5.74, 6) is 0.725. The maximum atomic E-state index is 6.02. The van der Waals surface area contributed by atoms with Gasteiger partial charge in [0.15, 0.2) is 0 Å². The highest BCUT2D eigenvalue weighted by molar-refractivity contribution is 5.88. The normalized spacial score (nSPS) is 13.2. The van der Waals surface area contributed by atoms with Gasteiger partial charge in [-0.1, -0.05) is 10.4 Å². The molecule has 2 aromatic heterocycles. The van der Waals surface area contributed by atoms with Crippen LogP contribution in [-0.4, -0.2) is 38.4 Å². The van der Waals surface area contributed by atoms with Crippen LogP contribution in [0.4, 0.5) is 0 Å². The molecule has 0 saturated carbocycles. The van der Waals surface area contributed by atoms with Crippen LogP contribution in [-0.2, 0) is 0 Å². The molecule has 0 spiro atoms. The summed E-state index contributed by atoms with van der Waals surface area (Å²) in [4.78, 5) is 8.29. The molecule has 3 aromatic rings. The van der Waals surface area contributed by atoms with Gasteiger partial charge in [-0.2, -0.15) is 4.98 Å². The van der Waals surface area contributed by atoms with E-state index in [2.05, 4.69) is 39.3 Å². The van der Waals surface area contributed by atoms with Gasteiger partial charge in [0.25, 0.3) is 5.89 Å². The molecule has 24 heavy (non-hydrogen) atoms. The molecular formula is C16H19N7O. The van der Waals surface area contributed by atoms with Crippen molar-refractivity contribution in [1.82, 2.24) is 25.1 Å². The molecule has 3 rings (SSSR count). The second-order valence-corrected chi connectivity index (χ2v) is 5.74. The molecule has 1 aromatic carbocycles. The highest BCUT2D eigenvalue weighted by Gasteiger charge is 2.14. The summed E-state index contributed by atoms with van der Waals surface area (Å²) < 4.78 is 7.20. The number of aromatic nitrogens is 5. The van der Waals surface area contributed by atoms with Gasteiger partial charge in [0, 0.05) is 24.9 Å². The standard InChI is InChI=1S/C16H19N7O/c1-9(2)23-13-6-5-11(7-12(13)20-22-23)16-19-15(21-24-16)14(17)10(3)8-18-4/h5-9H,17H2,1-4H3/b14-10-,18-8?. The summed E-state index contributed by atoms with van der Waals surface area (Å²) in [6.07, 6.45) is 1.65. The molecule has 0 saturated heterocycles. The van der Waals surface area contributed by atoms with Crippen molar-refractivity contribution in [3.8, 4) is 11.5 Å². The molecule has 0 radical (unpaired) electrons. The summed E-state index contributed by atoms with van der Waals surface area (Å²) in [6.45, 7) is 5.96. The molecule has 2 N–H and O–H groups in total. The van der Waals surface area contributed by atoms with Crippen molar-refractivity contribution >= 4 is 22.9 Å². The Labute approximate surface area is 139 Å². The van der Waals surface area contributed by atoms with E-state index in [1.54, 1.807) is 13.3 Å². The van der Waals surface area contributed by atoms with E-state index in [-0.39, 0.29) is 6.04 Å². The first-order valence-electron chi connectivity index (χ1n) is 7.59. The zero-order valence-corrected chi connectivity index (χ0v) is 14.1. The second kappa shape index (κ2) is 6.23. The fourth-order valence-corrected chi connectivity index (χ4v) is 2.35. The molecule has 2 heterocycles. The summed E-state index contributed by atoms with van der Waals surface area (Å²) in [5.41, 5.74) is 9.74. The highest BCUT2D eigenvalue weighted by atomic mass is 16.5. The predicted molar refractivity (Wildman–Crippen MR) is 92.4 cm³/mol. The lowest BCUT2D eigenvalue weighted by molar-refractivity contribution is 0.428.